The molecule has 0 N–H and O–H groups in total. The van der Waals surface area contributed by atoms with E-state index in [1.54, 1.807) is 0 Å². The Hall–Kier alpha value is -9.10. The Kier molecular flexibility index (Phi) is 13.5. The number of hydrogen-bond donors (Lipinski definition) is 0. The minimum absolute atomic E-state index is 0.227. The highest BCUT2D eigenvalue weighted by molar-refractivity contribution is 5.81. The lowest BCUT2D eigenvalue weighted by Gasteiger charge is -2.61. The first kappa shape index (κ1) is 51.1. The van der Waals surface area contributed by atoms with Gasteiger partial charge in [0.2, 0.25) is 0 Å². The van der Waals surface area contributed by atoms with Gasteiger partial charge in [0.15, 0.2) is 0 Å². The largest absolute Gasteiger partial charge is 0.0836 e. The van der Waals surface area contributed by atoms with E-state index in [4.69, 9.17) is 0 Å². The lowest BCUT2D eigenvalue weighted by molar-refractivity contribution is 0.0464. The molecule has 0 nitrogen and oxygen atoms in total. The second kappa shape index (κ2) is 21.8. The van der Waals surface area contributed by atoms with Gasteiger partial charge in [-0.25, -0.2) is 0 Å². The molecule has 3 aliphatic carbocycles. The Balaban J connectivity index is 1.07. The van der Waals surface area contributed by atoms with E-state index in [0.717, 1.165) is 44.9 Å². The molecular formula is C82H68. The van der Waals surface area contributed by atoms with Gasteiger partial charge in [0.25, 0.3) is 0 Å². The van der Waals surface area contributed by atoms with Gasteiger partial charge in [0, 0.05) is 0 Å². The van der Waals surface area contributed by atoms with Crippen molar-refractivity contribution < 1.29 is 0 Å². The van der Waals surface area contributed by atoms with Crippen LogP contribution in [0, 0.1) is 0 Å². The normalized spacial score (nSPS) is 20.2. The van der Waals surface area contributed by atoms with E-state index in [-0.39, 0.29) is 22.2 Å². The number of benzene rings is 11. The predicted octanol–water partition coefficient (Wildman–Crippen LogP) is 22.0. The minimum Gasteiger partial charge on any atom is -0.0836 e. The zero-order chi connectivity index (χ0) is 54.9. The van der Waals surface area contributed by atoms with Crippen LogP contribution in [0.5, 0.6) is 0 Å². The monoisotopic (exact) mass is 1050 g/mol. The maximum atomic E-state index is 2.66. The summed E-state index contributed by atoms with van der Waals surface area (Å²) in [6.07, 6.45) is 14.4. The number of hydrogen-bond acceptors (Lipinski definition) is 0. The average Bonchev–Trinajstić information content (AvgIpc) is 1.80. The molecule has 2 saturated carbocycles. The quantitative estimate of drug-likeness (QED) is 0.114. The average molecular weight is 1050 g/mol. The molecule has 0 amide bonds. The molecule has 2 bridgehead atoms. The highest BCUT2D eigenvalue weighted by atomic mass is 14.6. The fourth-order valence-electron chi connectivity index (χ4n) is 15.0. The van der Waals surface area contributed by atoms with E-state index in [1.807, 2.05) is 0 Å². The Labute approximate surface area is 485 Å². The molecule has 3 aliphatic rings. The summed E-state index contributed by atoms with van der Waals surface area (Å²) in [7, 11) is 0. The van der Waals surface area contributed by atoms with Gasteiger partial charge in [-0.1, -0.05) is 286 Å². The Bertz CT molecular complexity index is 3780. The van der Waals surface area contributed by atoms with E-state index in [2.05, 4.69) is 310 Å². The third kappa shape index (κ3) is 10.1. The van der Waals surface area contributed by atoms with Gasteiger partial charge in [-0.05, 0) is 203 Å². The van der Waals surface area contributed by atoms with E-state index < -0.39 is 0 Å². The Morgan fingerprint density at radius 2 is 0.573 bits per heavy atom. The van der Waals surface area contributed by atoms with Gasteiger partial charge in [-0.15, -0.1) is 0 Å². The number of rotatable bonds is 12. The molecule has 0 aliphatic heterocycles. The van der Waals surface area contributed by atoms with Gasteiger partial charge in [-0.3, -0.25) is 0 Å². The van der Waals surface area contributed by atoms with Crippen LogP contribution in [0.2, 0.25) is 0 Å². The zero-order valence-electron chi connectivity index (χ0n) is 46.9. The van der Waals surface area contributed by atoms with Crippen molar-refractivity contribution >= 4 is 5.57 Å². The molecule has 2 fully saturated rings. The lowest BCUT2D eigenvalue weighted by Crippen LogP contribution is -2.55. The van der Waals surface area contributed by atoms with Crippen LogP contribution >= 0.6 is 0 Å². The molecule has 14 rings (SSSR count). The van der Waals surface area contributed by atoms with Crippen molar-refractivity contribution in [2.45, 2.75) is 74.0 Å². The highest BCUT2D eigenvalue weighted by Gasteiger charge is 2.59. The molecular weight excluding hydrogens is 985 g/mol. The third-order valence-electron chi connectivity index (χ3n) is 18.6. The summed E-state index contributed by atoms with van der Waals surface area (Å²) in [5, 5.41) is 0. The van der Waals surface area contributed by atoms with Crippen LogP contribution in [0.4, 0.5) is 0 Å². The molecule has 0 saturated heterocycles. The van der Waals surface area contributed by atoms with Gasteiger partial charge >= 0.3 is 0 Å². The highest BCUT2D eigenvalue weighted by Crippen LogP contribution is 2.67. The fraction of sp³-hybridized carbons (Fsp3) is 0.146. The molecule has 396 valence electrons. The lowest BCUT2D eigenvalue weighted by atomic mass is 9.42. The summed E-state index contributed by atoms with van der Waals surface area (Å²) >= 11 is 0. The first-order valence-corrected chi connectivity index (χ1v) is 29.7. The van der Waals surface area contributed by atoms with Crippen molar-refractivity contribution in [2.24, 2.45) is 0 Å². The second-order valence-corrected chi connectivity index (χ2v) is 24.2. The van der Waals surface area contributed by atoms with Crippen molar-refractivity contribution in [1.29, 1.82) is 0 Å². The summed E-state index contributed by atoms with van der Waals surface area (Å²) in [5.74, 6) is 0.227. The van der Waals surface area contributed by atoms with Crippen LogP contribution in [0.15, 0.2) is 303 Å². The number of allylic oxidation sites excluding steroid dienone is 4. The van der Waals surface area contributed by atoms with Crippen molar-refractivity contribution in [3.8, 4) is 77.9 Å². The van der Waals surface area contributed by atoms with Crippen LogP contribution in [-0.4, -0.2) is 0 Å². The van der Waals surface area contributed by atoms with Crippen molar-refractivity contribution in [3.05, 3.63) is 331 Å². The Morgan fingerprint density at radius 3 is 0.890 bits per heavy atom. The number of fused-ring (bicyclic) bond motifs is 2. The summed E-state index contributed by atoms with van der Waals surface area (Å²) in [6.45, 7) is 2.66. The molecule has 2 unspecified atom stereocenters. The van der Waals surface area contributed by atoms with Gasteiger partial charge < -0.3 is 0 Å². The van der Waals surface area contributed by atoms with E-state index in [1.165, 1.54) is 111 Å². The maximum Gasteiger partial charge on any atom is -0.00239 e. The van der Waals surface area contributed by atoms with E-state index in [0.29, 0.717) is 0 Å². The zero-order valence-corrected chi connectivity index (χ0v) is 46.9. The Morgan fingerprint density at radius 1 is 0.280 bits per heavy atom. The molecule has 0 radical (unpaired) electrons. The van der Waals surface area contributed by atoms with Crippen LogP contribution < -0.4 is 0 Å². The van der Waals surface area contributed by atoms with Crippen molar-refractivity contribution in [1.82, 2.24) is 0 Å². The molecule has 0 spiro atoms. The van der Waals surface area contributed by atoms with Crippen LogP contribution in [-0.2, 0) is 16.2 Å². The summed E-state index contributed by atoms with van der Waals surface area (Å²) < 4.78 is 0. The van der Waals surface area contributed by atoms with Crippen molar-refractivity contribution in [3.63, 3.8) is 0 Å². The molecule has 0 heterocycles. The van der Waals surface area contributed by atoms with Crippen LogP contribution in [0.25, 0.3) is 83.5 Å². The molecule has 82 heavy (non-hydrogen) atoms. The minimum atomic E-state index is -0.289. The topological polar surface area (TPSA) is 0 Å². The SMILES string of the molecule is CC1(c2cc(-c3ccccc3)cc(-c3ccccc3)c2)CC2(c3cc(-c4ccccc4)cc(-c4ccccc4)c3)CC(c3cc(C4=CCCC=C4)cc(-c4ccccc4)c3)CC(c3cc(-c4ccccc4)cc(-c4ccccc4)c3)(C1)C2. The first-order valence-electron chi connectivity index (χ1n) is 29.7. The molecule has 0 heteroatoms. The molecule has 2 atom stereocenters. The second-order valence-electron chi connectivity index (χ2n) is 24.2. The van der Waals surface area contributed by atoms with E-state index >= 15 is 0 Å². The fourth-order valence-corrected chi connectivity index (χ4v) is 15.0. The third-order valence-corrected chi connectivity index (χ3v) is 18.6. The standard InChI is InChI=1S/C82H68/c1-80(77-48-70(61-30-14-4-15-31-61)45-71(49-77)62-32-16-5-17-33-62)56-81(78-50-72(63-34-18-6-19-35-63)46-73(51-78)64-36-20-7-21-37-64)54-76(69-43-67(59-26-10-2-11-27-59)42-68(44-69)60-28-12-3-13-29-60)55-82(57-80,58-81)79-52-74(65-38-22-8-23-39-65)47-75(53-79)66-40-24-9-25-41-66/h2,4-12,14-53,76H,3,13,54-58H2,1H3. The summed E-state index contributed by atoms with van der Waals surface area (Å²) in [6, 6.07) is 109. The van der Waals surface area contributed by atoms with Crippen LogP contribution in [0.1, 0.15) is 85.6 Å². The van der Waals surface area contributed by atoms with E-state index in [9.17, 15) is 0 Å². The summed E-state index contributed by atoms with van der Waals surface area (Å²) in [4.78, 5) is 0. The molecule has 11 aromatic carbocycles. The van der Waals surface area contributed by atoms with Gasteiger partial charge in [0.1, 0.15) is 0 Å². The first-order chi connectivity index (χ1) is 40.3. The maximum absolute atomic E-state index is 2.66. The molecule has 11 aromatic rings. The molecule has 0 aromatic heterocycles. The van der Waals surface area contributed by atoms with Gasteiger partial charge in [-0.2, -0.15) is 0 Å². The van der Waals surface area contributed by atoms with Gasteiger partial charge in [0.05, 0.1) is 0 Å². The van der Waals surface area contributed by atoms with Crippen LogP contribution in [0.3, 0.4) is 0 Å². The predicted molar refractivity (Wildman–Crippen MR) is 347 cm³/mol. The summed E-state index contributed by atoms with van der Waals surface area (Å²) in [5.41, 5.74) is 25.1. The van der Waals surface area contributed by atoms with Crippen molar-refractivity contribution in [2.75, 3.05) is 0 Å². The smallest absolute Gasteiger partial charge is 0.00239 e.